The maximum atomic E-state index is 12.2. The summed E-state index contributed by atoms with van der Waals surface area (Å²) in [5, 5.41) is -0.303. The Kier molecular flexibility index (Phi) is 8.21. The third-order valence-electron chi connectivity index (χ3n) is 1.66. The van der Waals surface area contributed by atoms with Crippen LogP contribution in [0.3, 0.4) is 0 Å². The molecule has 0 aliphatic heterocycles. The third-order valence-corrected chi connectivity index (χ3v) is 3.20. The summed E-state index contributed by atoms with van der Waals surface area (Å²) in [6.45, 7) is 4.83. The molecular formula is C9H18F3NO3S. The summed E-state index contributed by atoms with van der Waals surface area (Å²) >= 11 is 0. The zero-order chi connectivity index (χ0) is 14.3. The number of amides is 1. The van der Waals surface area contributed by atoms with Gasteiger partial charge >= 0.3 is 6.18 Å². The van der Waals surface area contributed by atoms with E-state index in [1.165, 1.54) is 0 Å². The van der Waals surface area contributed by atoms with Crippen LogP contribution in [-0.2, 0) is 14.6 Å². The van der Waals surface area contributed by atoms with E-state index in [1.54, 1.807) is 0 Å². The first kappa shape index (κ1) is 18.6. The van der Waals surface area contributed by atoms with Gasteiger partial charge in [-0.25, -0.2) is 8.42 Å². The number of nitrogens with one attached hydrogen (secondary N) is 1. The molecule has 0 aliphatic carbocycles. The SMILES string of the molecule is CC.CC(=O)NCCC(C(F)(F)F)S(C)(=O)=O. The Morgan fingerprint density at radius 2 is 1.71 bits per heavy atom. The first-order valence-electron chi connectivity index (χ1n) is 5.05. The van der Waals surface area contributed by atoms with Gasteiger partial charge in [0.2, 0.25) is 5.91 Å². The molecule has 1 atom stereocenters. The van der Waals surface area contributed by atoms with Gasteiger partial charge in [0, 0.05) is 19.7 Å². The lowest BCUT2D eigenvalue weighted by molar-refractivity contribution is -0.132. The second-order valence-electron chi connectivity index (χ2n) is 3.13. The quantitative estimate of drug-likeness (QED) is 0.847. The van der Waals surface area contributed by atoms with Crippen LogP contribution in [0.15, 0.2) is 0 Å². The summed E-state index contributed by atoms with van der Waals surface area (Å²) in [5.41, 5.74) is 0. The first-order chi connectivity index (χ1) is 7.55. The molecule has 0 aliphatic rings. The molecule has 8 heteroatoms. The molecular weight excluding hydrogens is 259 g/mol. The van der Waals surface area contributed by atoms with E-state index in [2.05, 4.69) is 5.32 Å². The van der Waals surface area contributed by atoms with Crippen LogP contribution in [0.25, 0.3) is 0 Å². The van der Waals surface area contributed by atoms with Gasteiger partial charge in [0.05, 0.1) is 0 Å². The van der Waals surface area contributed by atoms with Crippen molar-refractivity contribution >= 4 is 15.7 Å². The molecule has 0 fully saturated rings. The molecule has 1 unspecified atom stereocenters. The van der Waals surface area contributed by atoms with Gasteiger partial charge in [-0.2, -0.15) is 13.2 Å². The molecule has 0 spiro atoms. The van der Waals surface area contributed by atoms with Crippen molar-refractivity contribution in [3.8, 4) is 0 Å². The highest BCUT2D eigenvalue weighted by Crippen LogP contribution is 2.27. The van der Waals surface area contributed by atoms with E-state index in [1.807, 2.05) is 13.8 Å². The van der Waals surface area contributed by atoms with Crippen molar-refractivity contribution in [2.24, 2.45) is 0 Å². The zero-order valence-corrected chi connectivity index (χ0v) is 11.1. The average molecular weight is 277 g/mol. The fraction of sp³-hybridized carbons (Fsp3) is 0.889. The van der Waals surface area contributed by atoms with E-state index < -0.39 is 33.6 Å². The second-order valence-corrected chi connectivity index (χ2v) is 5.36. The van der Waals surface area contributed by atoms with Crippen LogP contribution >= 0.6 is 0 Å². The van der Waals surface area contributed by atoms with Crippen LogP contribution in [0, 0.1) is 0 Å². The van der Waals surface area contributed by atoms with Crippen LogP contribution in [0.1, 0.15) is 27.2 Å². The standard InChI is InChI=1S/C7H12F3NO3S.C2H6/c1-5(12)11-4-3-6(7(8,9)10)15(2,13)14;1-2/h6H,3-4H2,1-2H3,(H,11,12);1-2H3. The fourth-order valence-electron chi connectivity index (χ4n) is 1.000. The number of rotatable bonds is 4. The maximum absolute atomic E-state index is 12.2. The summed E-state index contributed by atoms with van der Waals surface area (Å²) in [4.78, 5) is 10.4. The predicted octanol–water partition coefficient (Wildman–Crippen LogP) is 1.51. The summed E-state index contributed by atoms with van der Waals surface area (Å²) < 4.78 is 58.4. The highest BCUT2D eigenvalue weighted by atomic mass is 32.2. The Hall–Kier alpha value is -0.790. The number of sulfone groups is 1. The molecule has 0 rings (SSSR count). The molecule has 0 heterocycles. The molecule has 0 bridgehead atoms. The minimum absolute atomic E-state index is 0.313. The Balaban J connectivity index is 0. The second kappa shape index (κ2) is 7.52. The lowest BCUT2D eigenvalue weighted by Gasteiger charge is -2.18. The van der Waals surface area contributed by atoms with Crippen LogP contribution < -0.4 is 5.32 Å². The van der Waals surface area contributed by atoms with Gasteiger partial charge in [-0.15, -0.1) is 0 Å². The average Bonchev–Trinajstić information content (AvgIpc) is 2.11. The molecule has 1 N–H and O–H groups in total. The van der Waals surface area contributed by atoms with Crippen molar-refractivity contribution in [1.29, 1.82) is 0 Å². The van der Waals surface area contributed by atoms with Crippen LogP contribution in [0.5, 0.6) is 0 Å². The van der Waals surface area contributed by atoms with E-state index >= 15 is 0 Å². The lowest BCUT2D eigenvalue weighted by atomic mass is 10.3. The summed E-state index contributed by atoms with van der Waals surface area (Å²) in [6.07, 6.45) is -4.94. The zero-order valence-electron chi connectivity index (χ0n) is 10.3. The maximum Gasteiger partial charge on any atom is 0.405 e. The fourth-order valence-corrected chi connectivity index (χ4v) is 2.03. The molecule has 1 amide bonds. The van der Waals surface area contributed by atoms with Crippen molar-refractivity contribution in [2.75, 3.05) is 12.8 Å². The third kappa shape index (κ3) is 8.96. The van der Waals surface area contributed by atoms with Crippen molar-refractivity contribution in [3.63, 3.8) is 0 Å². The minimum atomic E-state index is -4.80. The van der Waals surface area contributed by atoms with Gasteiger partial charge in [-0.1, -0.05) is 13.8 Å². The topological polar surface area (TPSA) is 63.2 Å². The number of alkyl halides is 3. The van der Waals surface area contributed by atoms with Gasteiger partial charge < -0.3 is 5.32 Å². The van der Waals surface area contributed by atoms with Crippen molar-refractivity contribution < 1.29 is 26.4 Å². The number of hydrogen-bond donors (Lipinski definition) is 1. The molecule has 0 aromatic rings. The monoisotopic (exact) mass is 277 g/mol. The lowest BCUT2D eigenvalue weighted by Crippen LogP contribution is -2.39. The predicted molar refractivity (Wildman–Crippen MR) is 59.3 cm³/mol. The number of carbonyl (C=O) groups excluding carboxylic acids is 1. The van der Waals surface area contributed by atoms with Crippen LogP contribution in [0.4, 0.5) is 13.2 Å². The summed E-state index contributed by atoms with van der Waals surface area (Å²) in [6, 6.07) is 0. The Labute approximate surface area is 99.5 Å². The molecule has 104 valence electrons. The number of carbonyl (C=O) groups is 1. The van der Waals surface area contributed by atoms with E-state index in [9.17, 15) is 26.4 Å². The van der Waals surface area contributed by atoms with Crippen LogP contribution in [-0.4, -0.2) is 38.6 Å². The Bertz CT molecular complexity index is 325. The molecule has 0 radical (unpaired) electrons. The van der Waals surface area contributed by atoms with Crippen molar-refractivity contribution in [2.45, 2.75) is 38.6 Å². The van der Waals surface area contributed by atoms with Gasteiger partial charge in [0.1, 0.15) is 0 Å². The van der Waals surface area contributed by atoms with E-state index in [-0.39, 0.29) is 6.54 Å². The Morgan fingerprint density at radius 3 is 1.94 bits per heavy atom. The van der Waals surface area contributed by atoms with Gasteiger partial charge in [-0.05, 0) is 6.42 Å². The minimum Gasteiger partial charge on any atom is -0.356 e. The van der Waals surface area contributed by atoms with Crippen molar-refractivity contribution in [3.05, 3.63) is 0 Å². The van der Waals surface area contributed by atoms with Gasteiger partial charge in [0.25, 0.3) is 0 Å². The summed E-state index contributed by atoms with van der Waals surface area (Å²) in [5.74, 6) is -0.496. The highest BCUT2D eigenvalue weighted by Gasteiger charge is 2.45. The van der Waals surface area contributed by atoms with Gasteiger partial charge in [0.15, 0.2) is 15.1 Å². The number of hydrogen-bond acceptors (Lipinski definition) is 3. The van der Waals surface area contributed by atoms with E-state index in [0.717, 1.165) is 6.92 Å². The molecule has 4 nitrogen and oxygen atoms in total. The molecule has 0 saturated heterocycles. The highest BCUT2D eigenvalue weighted by molar-refractivity contribution is 7.91. The Morgan fingerprint density at radius 1 is 1.29 bits per heavy atom. The van der Waals surface area contributed by atoms with E-state index in [4.69, 9.17) is 0 Å². The number of halogens is 3. The smallest absolute Gasteiger partial charge is 0.356 e. The largest absolute Gasteiger partial charge is 0.405 e. The normalized spacial score (nSPS) is 13.4. The van der Waals surface area contributed by atoms with Crippen molar-refractivity contribution in [1.82, 2.24) is 5.32 Å². The molecule has 0 saturated carbocycles. The first-order valence-corrected chi connectivity index (χ1v) is 7.00. The summed E-state index contributed by atoms with van der Waals surface area (Å²) in [7, 11) is -4.20. The molecule has 0 aromatic heterocycles. The van der Waals surface area contributed by atoms with Gasteiger partial charge in [-0.3, -0.25) is 4.79 Å². The molecule has 0 aromatic carbocycles. The molecule has 17 heavy (non-hydrogen) atoms. The van der Waals surface area contributed by atoms with Crippen LogP contribution in [0.2, 0.25) is 0 Å². The van der Waals surface area contributed by atoms with E-state index in [0.29, 0.717) is 6.26 Å².